The van der Waals surface area contributed by atoms with Crippen LogP contribution in [0.15, 0.2) is 30.3 Å². The minimum Gasteiger partial charge on any atom is -0.384 e. The Kier molecular flexibility index (Phi) is 6.19. The van der Waals surface area contributed by atoms with E-state index in [0.29, 0.717) is 23.4 Å². The zero-order valence-electron chi connectivity index (χ0n) is 14.6. The van der Waals surface area contributed by atoms with Crippen LogP contribution in [0.4, 0.5) is 11.5 Å². The minimum atomic E-state index is -3.38. The van der Waals surface area contributed by atoms with Crippen molar-refractivity contribution in [3.05, 3.63) is 36.0 Å². The lowest BCUT2D eigenvalue weighted by Crippen LogP contribution is -2.16. The van der Waals surface area contributed by atoms with Crippen molar-refractivity contribution in [1.29, 1.82) is 0 Å². The fourth-order valence-corrected chi connectivity index (χ4v) is 4.19. The molecule has 0 atom stereocenters. The predicted molar refractivity (Wildman–Crippen MR) is 103 cm³/mol. The molecule has 0 fully saturated rings. The Morgan fingerprint density at radius 3 is 2.31 bits per heavy atom. The van der Waals surface area contributed by atoms with Gasteiger partial charge in [-0.15, -0.1) is 0 Å². The molecule has 0 aliphatic carbocycles. The number of unbranched alkanes of at least 4 members (excludes halogenated alkanes) is 1. The van der Waals surface area contributed by atoms with Crippen molar-refractivity contribution in [1.82, 2.24) is 9.97 Å². The fourth-order valence-electron chi connectivity index (χ4n) is 2.24. The molecule has 3 N–H and O–H groups in total. The topological polar surface area (TPSA) is 132 Å². The maximum atomic E-state index is 11.9. The summed E-state index contributed by atoms with van der Waals surface area (Å²) in [6.45, 7) is 1.92. The maximum absolute atomic E-state index is 11.9. The van der Waals surface area contributed by atoms with Gasteiger partial charge >= 0.3 is 0 Å². The van der Waals surface area contributed by atoms with Gasteiger partial charge in [0.05, 0.1) is 17.2 Å². The van der Waals surface area contributed by atoms with Gasteiger partial charge in [-0.1, -0.05) is 13.3 Å². The first-order valence-electron chi connectivity index (χ1n) is 8.00. The first-order valence-corrected chi connectivity index (χ1v) is 11.7. The van der Waals surface area contributed by atoms with Gasteiger partial charge < -0.3 is 5.73 Å². The highest BCUT2D eigenvalue weighted by atomic mass is 32.2. The van der Waals surface area contributed by atoms with E-state index in [1.54, 1.807) is 24.3 Å². The number of aromatic nitrogens is 2. The van der Waals surface area contributed by atoms with Gasteiger partial charge in [0.25, 0.3) is 0 Å². The third kappa shape index (κ3) is 6.26. The van der Waals surface area contributed by atoms with Crippen LogP contribution in [0.5, 0.6) is 0 Å². The molecule has 2 aromatic rings. The van der Waals surface area contributed by atoms with Gasteiger partial charge in [-0.05, 0) is 30.7 Å². The Morgan fingerprint density at radius 1 is 1.08 bits per heavy atom. The van der Waals surface area contributed by atoms with Crippen LogP contribution in [0, 0.1) is 0 Å². The van der Waals surface area contributed by atoms with Crippen LogP contribution in [0.2, 0.25) is 0 Å². The quantitative estimate of drug-likeness (QED) is 0.693. The lowest BCUT2D eigenvalue weighted by atomic mass is 10.2. The smallest absolute Gasteiger partial charge is 0.232 e. The van der Waals surface area contributed by atoms with E-state index in [-0.39, 0.29) is 23.1 Å². The SMILES string of the molecule is CCCCS(=O)(=O)Nc1ccc(-c2nc(N)cc(CS(C)(=O)=O)n2)cc1. The van der Waals surface area contributed by atoms with Crippen LogP contribution in [-0.2, 0) is 25.6 Å². The summed E-state index contributed by atoms with van der Waals surface area (Å²) in [6, 6.07) is 7.91. The second-order valence-electron chi connectivity index (χ2n) is 6.03. The summed E-state index contributed by atoms with van der Waals surface area (Å²) in [7, 11) is -6.63. The van der Waals surface area contributed by atoms with Crippen LogP contribution < -0.4 is 10.5 Å². The van der Waals surface area contributed by atoms with E-state index in [2.05, 4.69) is 14.7 Å². The Balaban J connectivity index is 2.23. The normalized spacial score (nSPS) is 12.1. The van der Waals surface area contributed by atoms with Gasteiger partial charge in [0.2, 0.25) is 10.0 Å². The zero-order valence-corrected chi connectivity index (χ0v) is 16.3. The molecule has 0 unspecified atom stereocenters. The summed E-state index contributed by atoms with van der Waals surface area (Å²) >= 11 is 0. The van der Waals surface area contributed by atoms with Crippen LogP contribution in [0.25, 0.3) is 11.4 Å². The van der Waals surface area contributed by atoms with Crippen molar-refractivity contribution < 1.29 is 16.8 Å². The average Bonchev–Trinajstić information content (AvgIpc) is 2.51. The Hall–Kier alpha value is -2.20. The number of nitrogens with one attached hydrogen (secondary N) is 1. The van der Waals surface area contributed by atoms with Crippen LogP contribution in [0.1, 0.15) is 25.5 Å². The van der Waals surface area contributed by atoms with E-state index in [1.807, 2.05) is 6.92 Å². The van der Waals surface area contributed by atoms with Crippen molar-refractivity contribution in [3.63, 3.8) is 0 Å². The summed E-state index contributed by atoms with van der Waals surface area (Å²) in [6.07, 6.45) is 2.50. The maximum Gasteiger partial charge on any atom is 0.232 e. The molecule has 142 valence electrons. The summed E-state index contributed by atoms with van der Waals surface area (Å²) in [5.41, 5.74) is 7.08. The molecule has 1 aromatic carbocycles. The molecular weight excluding hydrogens is 376 g/mol. The molecule has 26 heavy (non-hydrogen) atoms. The lowest BCUT2D eigenvalue weighted by Gasteiger charge is -2.09. The number of hydrogen-bond acceptors (Lipinski definition) is 7. The van der Waals surface area contributed by atoms with Crippen molar-refractivity contribution in [2.24, 2.45) is 0 Å². The number of nitrogen functional groups attached to an aromatic ring is 1. The standard InChI is InChI=1S/C16H22N4O4S2/c1-3-4-9-26(23,24)20-13-7-5-12(6-8-13)16-18-14(10-15(17)19-16)11-25(2,21)22/h5-8,10,20H,3-4,9,11H2,1-2H3,(H2,17,18,19). The summed E-state index contributed by atoms with van der Waals surface area (Å²) < 4.78 is 49.3. The monoisotopic (exact) mass is 398 g/mol. The highest BCUT2D eigenvalue weighted by Crippen LogP contribution is 2.21. The molecule has 2 rings (SSSR count). The number of nitrogens with two attached hydrogens (primary N) is 1. The molecule has 1 aromatic heterocycles. The molecule has 0 aliphatic rings. The van der Waals surface area contributed by atoms with E-state index in [4.69, 9.17) is 5.73 Å². The molecule has 0 saturated heterocycles. The van der Waals surface area contributed by atoms with Gasteiger partial charge in [-0.3, -0.25) is 4.72 Å². The second-order valence-corrected chi connectivity index (χ2v) is 10.0. The number of rotatable bonds is 8. The van der Waals surface area contributed by atoms with Gasteiger partial charge in [-0.25, -0.2) is 26.8 Å². The molecule has 0 radical (unpaired) electrons. The number of nitrogens with zero attached hydrogens (tertiary/aromatic N) is 2. The van der Waals surface area contributed by atoms with E-state index in [0.717, 1.165) is 12.7 Å². The molecule has 0 amide bonds. The largest absolute Gasteiger partial charge is 0.384 e. The average molecular weight is 399 g/mol. The molecule has 8 nitrogen and oxygen atoms in total. The molecule has 0 aliphatic heterocycles. The molecule has 0 bridgehead atoms. The highest BCUT2D eigenvalue weighted by Gasteiger charge is 2.12. The van der Waals surface area contributed by atoms with Gasteiger partial charge in [0.15, 0.2) is 15.7 Å². The van der Waals surface area contributed by atoms with E-state index in [1.165, 1.54) is 6.07 Å². The van der Waals surface area contributed by atoms with Gasteiger partial charge in [0, 0.05) is 23.6 Å². The molecule has 1 heterocycles. The van der Waals surface area contributed by atoms with E-state index >= 15 is 0 Å². The summed E-state index contributed by atoms with van der Waals surface area (Å²) in [5, 5.41) is 0. The van der Waals surface area contributed by atoms with E-state index in [9.17, 15) is 16.8 Å². The first-order chi connectivity index (χ1) is 12.1. The Morgan fingerprint density at radius 2 is 1.73 bits per heavy atom. The second kappa shape index (κ2) is 8.00. The van der Waals surface area contributed by atoms with Crippen LogP contribution in [-0.4, -0.2) is 38.8 Å². The van der Waals surface area contributed by atoms with Crippen LogP contribution >= 0.6 is 0 Å². The molecule has 0 saturated carbocycles. The highest BCUT2D eigenvalue weighted by molar-refractivity contribution is 7.92. The fraction of sp³-hybridized carbons (Fsp3) is 0.375. The number of sulfone groups is 1. The predicted octanol–water partition coefficient (Wildman–Crippen LogP) is 1.81. The van der Waals surface area contributed by atoms with Crippen LogP contribution in [0.3, 0.4) is 0 Å². The Labute approximate surface area is 153 Å². The number of sulfonamides is 1. The van der Waals surface area contributed by atoms with E-state index < -0.39 is 19.9 Å². The summed E-state index contributed by atoms with van der Waals surface area (Å²) in [4.78, 5) is 8.34. The van der Waals surface area contributed by atoms with Gasteiger partial charge in [0.1, 0.15) is 5.82 Å². The summed E-state index contributed by atoms with van der Waals surface area (Å²) in [5.74, 6) is 0.280. The van der Waals surface area contributed by atoms with Crippen molar-refractivity contribution in [3.8, 4) is 11.4 Å². The third-order valence-corrected chi connectivity index (χ3v) is 5.59. The first kappa shape index (κ1) is 20.1. The van der Waals surface area contributed by atoms with Crippen molar-refractivity contribution in [2.45, 2.75) is 25.5 Å². The molecule has 0 spiro atoms. The van der Waals surface area contributed by atoms with Crippen molar-refractivity contribution in [2.75, 3.05) is 22.5 Å². The zero-order chi connectivity index (χ0) is 19.4. The number of hydrogen-bond donors (Lipinski definition) is 2. The molecular formula is C16H22N4O4S2. The lowest BCUT2D eigenvalue weighted by molar-refractivity contribution is 0.597. The number of benzene rings is 1. The molecule has 10 heteroatoms. The van der Waals surface area contributed by atoms with Gasteiger partial charge in [-0.2, -0.15) is 0 Å². The van der Waals surface area contributed by atoms with Crippen molar-refractivity contribution >= 4 is 31.4 Å². The third-order valence-electron chi connectivity index (χ3n) is 3.39. The number of anilines is 2. The minimum absolute atomic E-state index is 0.0679. The Bertz CT molecular complexity index is 972.